The Morgan fingerprint density at radius 1 is 1.40 bits per heavy atom. The Hall–Kier alpha value is -1.35. The molecule has 0 N–H and O–H groups in total. The number of aryl methyl sites for hydroxylation is 1. The third kappa shape index (κ3) is 1.88. The van der Waals surface area contributed by atoms with Gasteiger partial charge in [-0.3, -0.25) is 4.79 Å². The number of hydrogen-bond donors (Lipinski definition) is 0. The van der Waals surface area contributed by atoms with Gasteiger partial charge < -0.3 is 9.64 Å². The van der Waals surface area contributed by atoms with Gasteiger partial charge in [-0.15, -0.1) is 0 Å². The first-order valence-corrected chi connectivity index (χ1v) is 5.10. The van der Waals surface area contributed by atoms with Gasteiger partial charge in [-0.05, 0) is 18.6 Å². The summed E-state index contributed by atoms with van der Waals surface area (Å²) in [6.45, 7) is 3.28. The minimum absolute atomic E-state index is 0.0846. The zero-order chi connectivity index (χ0) is 10.8. The molecular formula is C12H15NO2. The molecule has 1 aromatic carbocycles. The minimum atomic E-state index is 0.0846. The highest BCUT2D eigenvalue weighted by molar-refractivity contribution is 5.95. The van der Waals surface area contributed by atoms with E-state index >= 15 is 0 Å². The predicted octanol–water partition coefficient (Wildman–Crippen LogP) is 1.47. The van der Waals surface area contributed by atoms with E-state index in [1.165, 1.54) is 0 Å². The number of ether oxygens (including phenoxy) is 1. The Labute approximate surface area is 89.7 Å². The van der Waals surface area contributed by atoms with E-state index in [2.05, 4.69) is 0 Å². The van der Waals surface area contributed by atoms with Gasteiger partial charge in [0.25, 0.3) is 5.91 Å². The average Bonchev–Trinajstić information content (AvgIpc) is 2.15. The summed E-state index contributed by atoms with van der Waals surface area (Å²) in [5, 5.41) is 0. The summed E-state index contributed by atoms with van der Waals surface area (Å²) in [6.07, 6.45) is 0. The van der Waals surface area contributed by atoms with E-state index in [-0.39, 0.29) is 11.9 Å². The molecule has 0 radical (unpaired) electrons. The van der Waals surface area contributed by atoms with E-state index in [9.17, 15) is 4.79 Å². The van der Waals surface area contributed by atoms with Crippen molar-refractivity contribution in [2.75, 3.05) is 20.3 Å². The van der Waals surface area contributed by atoms with Gasteiger partial charge in [0.15, 0.2) is 0 Å². The molecule has 0 bridgehead atoms. The van der Waals surface area contributed by atoms with Gasteiger partial charge in [0.1, 0.15) is 0 Å². The maximum atomic E-state index is 12.1. The van der Waals surface area contributed by atoms with E-state index in [1.54, 1.807) is 4.90 Å². The second kappa shape index (κ2) is 4.03. The molecular weight excluding hydrogens is 190 g/mol. The highest BCUT2D eigenvalue weighted by Crippen LogP contribution is 2.15. The molecule has 0 atom stereocenters. The molecule has 3 heteroatoms. The van der Waals surface area contributed by atoms with Crippen LogP contribution in [0.2, 0.25) is 0 Å². The van der Waals surface area contributed by atoms with Crippen LogP contribution in [0.4, 0.5) is 0 Å². The molecule has 3 nitrogen and oxygen atoms in total. The highest BCUT2D eigenvalue weighted by atomic mass is 16.5. The van der Waals surface area contributed by atoms with Gasteiger partial charge in [0.05, 0.1) is 19.3 Å². The van der Waals surface area contributed by atoms with Crippen molar-refractivity contribution in [3.8, 4) is 0 Å². The first-order chi connectivity index (χ1) is 7.20. The predicted molar refractivity (Wildman–Crippen MR) is 57.9 cm³/mol. The number of benzene rings is 1. The molecule has 0 aliphatic carbocycles. The lowest BCUT2D eigenvalue weighted by molar-refractivity contribution is -0.0468. The Morgan fingerprint density at radius 2 is 2.07 bits per heavy atom. The monoisotopic (exact) mass is 205 g/mol. The quantitative estimate of drug-likeness (QED) is 0.731. The van der Waals surface area contributed by atoms with E-state index in [1.807, 2.05) is 38.2 Å². The summed E-state index contributed by atoms with van der Waals surface area (Å²) in [7, 11) is 1.84. The zero-order valence-corrected chi connectivity index (χ0v) is 9.06. The summed E-state index contributed by atoms with van der Waals surface area (Å²) in [6, 6.07) is 7.91. The number of nitrogens with zero attached hydrogens (tertiary/aromatic N) is 1. The lowest BCUT2D eigenvalue weighted by Gasteiger charge is -2.34. The van der Waals surface area contributed by atoms with E-state index in [0.29, 0.717) is 13.2 Å². The molecule has 1 heterocycles. The molecule has 15 heavy (non-hydrogen) atoms. The van der Waals surface area contributed by atoms with Gasteiger partial charge >= 0.3 is 0 Å². The molecule has 1 saturated heterocycles. The van der Waals surface area contributed by atoms with Crippen molar-refractivity contribution in [3.05, 3.63) is 35.4 Å². The first kappa shape index (κ1) is 10.2. The van der Waals surface area contributed by atoms with Crippen molar-refractivity contribution in [2.24, 2.45) is 0 Å². The number of carbonyl (C=O) groups excluding carboxylic acids is 1. The van der Waals surface area contributed by atoms with Gasteiger partial charge in [-0.25, -0.2) is 0 Å². The van der Waals surface area contributed by atoms with Crippen LogP contribution >= 0.6 is 0 Å². The fourth-order valence-corrected chi connectivity index (χ4v) is 1.62. The Bertz CT molecular complexity index is 372. The van der Waals surface area contributed by atoms with Crippen LogP contribution in [0.15, 0.2) is 24.3 Å². The van der Waals surface area contributed by atoms with Gasteiger partial charge in [-0.2, -0.15) is 0 Å². The molecule has 0 spiro atoms. The van der Waals surface area contributed by atoms with Crippen LogP contribution in [0.25, 0.3) is 0 Å². The van der Waals surface area contributed by atoms with Gasteiger partial charge in [0.2, 0.25) is 0 Å². The number of hydrogen-bond acceptors (Lipinski definition) is 2. The summed E-state index contributed by atoms with van der Waals surface area (Å²) >= 11 is 0. The molecule has 1 aliphatic rings. The zero-order valence-electron chi connectivity index (χ0n) is 9.06. The lowest BCUT2D eigenvalue weighted by Crippen LogP contribution is -2.49. The maximum absolute atomic E-state index is 12.1. The van der Waals surface area contributed by atoms with Crippen molar-refractivity contribution in [3.63, 3.8) is 0 Å². The SMILES string of the molecule is Cc1ccccc1C(=O)N(C)C1COC1. The van der Waals surface area contributed by atoms with Crippen LogP contribution in [0.5, 0.6) is 0 Å². The van der Waals surface area contributed by atoms with E-state index in [0.717, 1.165) is 11.1 Å². The molecule has 1 amide bonds. The summed E-state index contributed by atoms with van der Waals surface area (Å²) in [5.41, 5.74) is 1.81. The van der Waals surface area contributed by atoms with Crippen molar-refractivity contribution in [2.45, 2.75) is 13.0 Å². The second-order valence-corrected chi connectivity index (χ2v) is 3.92. The molecule has 80 valence electrons. The van der Waals surface area contributed by atoms with Crippen LogP contribution in [-0.4, -0.2) is 37.1 Å². The standard InChI is InChI=1S/C12H15NO2/c1-9-5-3-4-6-11(9)12(14)13(2)10-7-15-8-10/h3-6,10H,7-8H2,1-2H3. The van der Waals surface area contributed by atoms with Crippen molar-refractivity contribution in [1.82, 2.24) is 4.90 Å². The van der Waals surface area contributed by atoms with Gasteiger partial charge in [-0.1, -0.05) is 18.2 Å². The maximum Gasteiger partial charge on any atom is 0.254 e. The number of rotatable bonds is 2. The smallest absolute Gasteiger partial charge is 0.254 e. The summed E-state index contributed by atoms with van der Waals surface area (Å²) < 4.78 is 5.08. The van der Waals surface area contributed by atoms with Crippen molar-refractivity contribution < 1.29 is 9.53 Å². The number of amides is 1. The fourth-order valence-electron chi connectivity index (χ4n) is 1.62. The van der Waals surface area contributed by atoms with E-state index in [4.69, 9.17) is 4.74 Å². The minimum Gasteiger partial charge on any atom is -0.377 e. The third-order valence-corrected chi connectivity index (χ3v) is 2.86. The Kier molecular flexibility index (Phi) is 2.73. The Morgan fingerprint density at radius 3 is 2.60 bits per heavy atom. The van der Waals surface area contributed by atoms with Crippen molar-refractivity contribution in [1.29, 1.82) is 0 Å². The normalized spacial score (nSPS) is 15.9. The van der Waals surface area contributed by atoms with Crippen LogP contribution in [0.3, 0.4) is 0 Å². The molecule has 0 aromatic heterocycles. The molecule has 1 fully saturated rings. The average molecular weight is 205 g/mol. The van der Waals surface area contributed by atoms with Crippen LogP contribution in [-0.2, 0) is 4.74 Å². The third-order valence-electron chi connectivity index (χ3n) is 2.86. The summed E-state index contributed by atoms with van der Waals surface area (Å²) in [5.74, 6) is 0.0846. The van der Waals surface area contributed by atoms with Crippen LogP contribution in [0, 0.1) is 6.92 Å². The number of likely N-dealkylation sites (N-methyl/N-ethyl adjacent to an activating group) is 1. The molecule has 1 aliphatic heterocycles. The molecule has 1 aromatic rings. The van der Waals surface area contributed by atoms with Crippen LogP contribution in [0.1, 0.15) is 15.9 Å². The largest absolute Gasteiger partial charge is 0.377 e. The lowest BCUT2D eigenvalue weighted by atomic mass is 10.1. The topological polar surface area (TPSA) is 29.5 Å². The number of carbonyl (C=O) groups is 1. The van der Waals surface area contributed by atoms with E-state index < -0.39 is 0 Å². The molecule has 0 saturated carbocycles. The highest BCUT2D eigenvalue weighted by Gasteiger charge is 2.27. The molecule has 0 unspecified atom stereocenters. The van der Waals surface area contributed by atoms with Crippen molar-refractivity contribution >= 4 is 5.91 Å². The summed E-state index contributed by atoms with van der Waals surface area (Å²) in [4.78, 5) is 13.8. The fraction of sp³-hybridized carbons (Fsp3) is 0.417. The second-order valence-electron chi connectivity index (χ2n) is 3.92. The van der Waals surface area contributed by atoms with Crippen LogP contribution < -0.4 is 0 Å². The first-order valence-electron chi connectivity index (χ1n) is 5.10. The Balaban J connectivity index is 2.16. The molecule has 2 rings (SSSR count). The van der Waals surface area contributed by atoms with Gasteiger partial charge in [0, 0.05) is 12.6 Å².